The van der Waals surface area contributed by atoms with Crippen LogP contribution in [0.15, 0.2) is 5.11 Å². The van der Waals surface area contributed by atoms with Gasteiger partial charge in [0.1, 0.15) is 12.1 Å². The number of aliphatic hydroxyl groups excluding tert-OH is 1. The standard InChI is InChI=1S/C10H19N3O4/c1-4-6-9(15-3)8(14)7(12-13-11)10(17-6)16-5-2/h6-10,14H,4-5H2,1-3H3/t6?,7?,8-,9-,10?/m1/s1. The summed E-state index contributed by atoms with van der Waals surface area (Å²) in [6.07, 6.45) is -1.74. The molecule has 1 rings (SSSR count). The van der Waals surface area contributed by atoms with E-state index in [4.69, 9.17) is 19.7 Å². The molecule has 1 heterocycles. The Hall–Kier alpha value is -0.850. The third-order valence-electron chi connectivity index (χ3n) is 2.83. The van der Waals surface area contributed by atoms with E-state index < -0.39 is 24.5 Å². The van der Waals surface area contributed by atoms with E-state index in [1.165, 1.54) is 7.11 Å². The highest BCUT2D eigenvalue weighted by Gasteiger charge is 2.44. The van der Waals surface area contributed by atoms with E-state index in [1.807, 2.05) is 13.8 Å². The summed E-state index contributed by atoms with van der Waals surface area (Å²) in [7, 11) is 1.49. The van der Waals surface area contributed by atoms with Gasteiger partial charge in [-0.05, 0) is 18.9 Å². The zero-order valence-electron chi connectivity index (χ0n) is 10.3. The SMILES string of the molecule is CCOC1OC(CC)[C@@H](OC)[C@H](O)C1N=[N+]=[N-]. The molecule has 0 bridgehead atoms. The monoisotopic (exact) mass is 245 g/mol. The fourth-order valence-corrected chi connectivity index (χ4v) is 2.01. The molecular formula is C10H19N3O4. The van der Waals surface area contributed by atoms with Crippen LogP contribution in [0.5, 0.6) is 0 Å². The minimum atomic E-state index is -0.925. The van der Waals surface area contributed by atoms with Crippen LogP contribution in [0.2, 0.25) is 0 Å². The molecule has 5 atom stereocenters. The maximum Gasteiger partial charge on any atom is 0.169 e. The van der Waals surface area contributed by atoms with Gasteiger partial charge in [-0.1, -0.05) is 12.0 Å². The molecule has 1 aliphatic rings. The lowest BCUT2D eigenvalue weighted by atomic mass is 9.96. The van der Waals surface area contributed by atoms with Crippen molar-refractivity contribution in [2.24, 2.45) is 5.11 Å². The summed E-state index contributed by atoms with van der Waals surface area (Å²) in [6.45, 7) is 4.16. The first-order chi connectivity index (χ1) is 8.19. The Morgan fingerprint density at radius 1 is 1.47 bits per heavy atom. The average Bonchev–Trinajstić information content (AvgIpc) is 2.33. The van der Waals surface area contributed by atoms with Gasteiger partial charge >= 0.3 is 0 Å². The van der Waals surface area contributed by atoms with E-state index in [0.717, 1.165) is 0 Å². The van der Waals surface area contributed by atoms with Crippen molar-refractivity contribution in [1.82, 2.24) is 0 Å². The summed E-state index contributed by atoms with van der Waals surface area (Å²) >= 11 is 0. The predicted octanol–water partition coefficient (Wildman–Crippen LogP) is 1.21. The third kappa shape index (κ3) is 3.08. The molecular weight excluding hydrogens is 226 g/mol. The normalized spacial score (nSPS) is 37.5. The molecule has 0 aromatic heterocycles. The average molecular weight is 245 g/mol. The maximum absolute atomic E-state index is 10.1. The molecule has 98 valence electrons. The lowest BCUT2D eigenvalue weighted by molar-refractivity contribution is -0.262. The summed E-state index contributed by atoms with van der Waals surface area (Å²) < 4.78 is 16.2. The highest BCUT2D eigenvalue weighted by atomic mass is 16.7. The van der Waals surface area contributed by atoms with Gasteiger partial charge in [-0.15, -0.1) is 0 Å². The predicted molar refractivity (Wildman–Crippen MR) is 60.3 cm³/mol. The summed E-state index contributed by atoms with van der Waals surface area (Å²) in [4.78, 5) is 2.71. The molecule has 0 saturated carbocycles. The second kappa shape index (κ2) is 6.78. The number of aliphatic hydroxyl groups is 1. The molecule has 0 radical (unpaired) electrons. The summed E-state index contributed by atoms with van der Waals surface area (Å²) in [5.41, 5.74) is 8.50. The number of hydrogen-bond acceptors (Lipinski definition) is 5. The van der Waals surface area contributed by atoms with Crippen LogP contribution in [-0.4, -0.2) is 49.5 Å². The minimum Gasteiger partial charge on any atom is -0.390 e. The van der Waals surface area contributed by atoms with Crippen molar-refractivity contribution in [2.75, 3.05) is 13.7 Å². The zero-order valence-corrected chi connectivity index (χ0v) is 10.3. The molecule has 7 heteroatoms. The Kier molecular flexibility index (Phi) is 5.67. The minimum absolute atomic E-state index is 0.267. The Bertz CT molecular complexity index is 281. The van der Waals surface area contributed by atoms with Crippen molar-refractivity contribution in [2.45, 2.75) is 50.9 Å². The fourth-order valence-electron chi connectivity index (χ4n) is 2.01. The maximum atomic E-state index is 10.1. The molecule has 0 aliphatic carbocycles. The molecule has 0 amide bonds. The third-order valence-corrected chi connectivity index (χ3v) is 2.83. The molecule has 3 unspecified atom stereocenters. The quantitative estimate of drug-likeness (QED) is 0.447. The number of ether oxygens (including phenoxy) is 3. The van der Waals surface area contributed by atoms with Crippen LogP contribution in [-0.2, 0) is 14.2 Å². The van der Waals surface area contributed by atoms with Gasteiger partial charge in [0.15, 0.2) is 6.29 Å². The van der Waals surface area contributed by atoms with Crippen molar-refractivity contribution in [3.05, 3.63) is 10.4 Å². The van der Waals surface area contributed by atoms with E-state index >= 15 is 0 Å². The van der Waals surface area contributed by atoms with Crippen LogP contribution in [0.3, 0.4) is 0 Å². The van der Waals surface area contributed by atoms with Gasteiger partial charge in [-0.2, -0.15) is 0 Å². The number of nitrogens with zero attached hydrogens (tertiary/aromatic N) is 3. The Balaban J connectivity index is 2.88. The molecule has 17 heavy (non-hydrogen) atoms. The summed E-state index contributed by atoms with van der Waals surface area (Å²) in [5.74, 6) is 0. The van der Waals surface area contributed by atoms with Crippen LogP contribution in [0.1, 0.15) is 20.3 Å². The van der Waals surface area contributed by atoms with Gasteiger partial charge in [0.2, 0.25) is 0 Å². The summed E-state index contributed by atoms with van der Waals surface area (Å²) in [5, 5.41) is 13.6. The molecule has 1 aliphatic heterocycles. The van der Waals surface area contributed by atoms with Gasteiger partial charge in [0.25, 0.3) is 0 Å². The Morgan fingerprint density at radius 3 is 2.65 bits per heavy atom. The number of rotatable bonds is 5. The van der Waals surface area contributed by atoms with Gasteiger partial charge < -0.3 is 19.3 Å². The molecule has 0 aromatic carbocycles. The van der Waals surface area contributed by atoms with Crippen LogP contribution >= 0.6 is 0 Å². The number of hydrogen-bond donors (Lipinski definition) is 1. The first kappa shape index (κ1) is 14.2. The topological polar surface area (TPSA) is 96.7 Å². The van der Waals surface area contributed by atoms with E-state index in [-0.39, 0.29) is 6.10 Å². The fraction of sp³-hybridized carbons (Fsp3) is 1.00. The largest absolute Gasteiger partial charge is 0.390 e. The van der Waals surface area contributed by atoms with E-state index in [9.17, 15) is 5.11 Å². The molecule has 0 aromatic rings. The van der Waals surface area contributed by atoms with Crippen molar-refractivity contribution in [1.29, 1.82) is 0 Å². The molecule has 1 N–H and O–H groups in total. The summed E-state index contributed by atoms with van der Waals surface area (Å²) in [6, 6.07) is -0.785. The van der Waals surface area contributed by atoms with E-state index in [2.05, 4.69) is 10.0 Å². The lowest BCUT2D eigenvalue weighted by Crippen LogP contribution is -2.57. The molecule has 7 nitrogen and oxygen atoms in total. The Labute approximate surface area is 100 Å². The van der Waals surface area contributed by atoms with Crippen LogP contribution in [0.25, 0.3) is 10.4 Å². The highest BCUT2D eigenvalue weighted by molar-refractivity contribution is 4.94. The van der Waals surface area contributed by atoms with Gasteiger partial charge in [-0.3, -0.25) is 0 Å². The van der Waals surface area contributed by atoms with Crippen LogP contribution in [0.4, 0.5) is 0 Å². The van der Waals surface area contributed by atoms with Crippen LogP contribution in [0, 0.1) is 0 Å². The molecule has 0 spiro atoms. The van der Waals surface area contributed by atoms with Crippen LogP contribution < -0.4 is 0 Å². The van der Waals surface area contributed by atoms with Crippen molar-refractivity contribution >= 4 is 0 Å². The number of azide groups is 1. The first-order valence-electron chi connectivity index (χ1n) is 5.71. The van der Waals surface area contributed by atoms with Gasteiger partial charge in [0, 0.05) is 18.6 Å². The van der Waals surface area contributed by atoms with Gasteiger partial charge in [0.05, 0.1) is 12.2 Å². The highest BCUT2D eigenvalue weighted by Crippen LogP contribution is 2.27. The van der Waals surface area contributed by atoms with E-state index in [0.29, 0.717) is 13.0 Å². The van der Waals surface area contributed by atoms with Crippen molar-refractivity contribution in [3.63, 3.8) is 0 Å². The lowest BCUT2D eigenvalue weighted by Gasteiger charge is -2.41. The molecule has 1 fully saturated rings. The van der Waals surface area contributed by atoms with Gasteiger partial charge in [-0.25, -0.2) is 0 Å². The van der Waals surface area contributed by atoms with Crippen molar-refractivity contribution < 1.29 is 19.3 Å². The second-order valence-corrected chi connectivity index (χ2v) is 3.79. The zero-order chi connectivity index (χ0) is 12.8. The molecule has 1 saturated heterocycles. The Morgan fingerprint density at radius 2 is 2.18 bits per heavy atom. The van der Waals surface area contributed by atoms with E-state index in [1.54, 1.807) is 0 Å². The second-order valence-electron chi connectivity index (χ2n) is 3.79. The smallest absolute Gasteiger partial charge is 0.169 e. The number of methoxy groups -OCH3 is 1. The van der Waals surface area contributed by atoms with Crippen molar-refractivity contribution in [3.8, 4) is 0 Å². The first-order valence-corrected chi connectivity index (χ1v) is 5.71.